The number of carbonyl (C=O) groups excluding carboxylic acids is 1. The second-order valence-corrected chi connectivity index (χ2v) is 6.68. The highest BCUT2D eigenvalue weighted by Crippen LogP contribution is 2.14. The number of aryl methyl sites for hydroxylation is 1. The Hall–Kier alpha value is -3.60. The Kier molecular flexibility index (Phi) is 5.06. The Morgan fingerprint density at radius 1 is 1.07 bits per heavy atom. The van der Waals surface area contributed by atoms with Crippen molar-refractivity contribution >= 4 is 11.6 Å². The predicted octanol–water partition coefficient (Wildman–Crippen LogP) is 4.15. The number of imidazole rings is 1. The molecule has 4 aromatic rings. The second kappa shape index (κ2) is 7.96. The molecule has 5 heteroatoms. The molecule has 5 nitrogen and oxygen atoms in total. The summed E-state index contributed by atoms with van der Waals surface area (Å²) in [4.78, 5) is 16.9. The molecule has 0 atom stereocenters. The van der Waals surface area contributed by atoms with Gasteiger partial charge in [-0.25, -0.2) is 4.98 Å². The van der Waals surface area contributed by atoms with Gasteiger partial charge in [-0.2, -0.15) is 0 Å². The lowest BCUT2D eigenvalue weighted by Crippen LogP contribution is -2.22. The number of benzene rings is 2. The molecule has 0 unspecified atom stereocenters. The van der Waals surface area contributed by atoms with Gasteiger partial charge in [-0.1, -0.05) is 30.3 Å². The molecule has 0 aliphatic heterocycles. The third-order valence-corrected chi connectivity index (χ3v) is 4.46. The molecule has 0 spiro atoms. The van der Waals surface area contributed by atoms with Crippen LogP contribution in [0.15, 0.2) is 79.1 Å². The lowest BCUT2D eigenvalue weighted by Gasteiger charge is -2.07. The monoisotopic (exact) mass is 371 g/mol. The summed E-state index contributed by atoms with van der Waals surface area (Å²) in [5, 5.41) is 2.91. The van der Waals surface area contributed by atoms with Crippen molar-refractivity contribution < 1.29 is 9.53 Å². The topological polar surface area (TPSA) is 55.6 Å². The minimum absolute atomic E-state index is 0.136. The number of fused-ring (bicyclic) bond motifs is 1. The van der Waals surface area contributed by atoms with E-state index in [9.17, 15) is 4.79 Å². The summed E-state index contributed by atoms with van der Waals surface area (Å²) in [5.74, 6) is 0.596. The van der Waals surface area contributed by atoms with Gasteiger partial charge in [0.1, 0.15) is 18.0 Å². The number of nitrogens with zero attached hydrogens (tertiary/aromatic N) is 2. The van der Waals surface area contributed by atoms with Crippen molar-refractivity contribution in [1.29, 1.82) is 0 Å². The lowest BCUT2D eigenvalue weighted by atomic mass is 10.2. The molecule has 0 saturated carbocycles. The maximum absolute atomic E-state index is 12.4. The Balaban J connectivity index is 1.33. The van der Waals surface area contributed by atoms with E-state index >= 15 is 0 Å². The first-order valence-corrected chi connectivity index (χ1v) is 9.16. The maximum Gasteiger partial charge on any atom is 0.251 e. The highest BCUT2D eigenvalue weighted by atomic mass is 16.5. The average Bonchev–Trinajstić information content (AvgIpc) is 3.13. The van der Waals surface area contributed by atoms with Crippen molar-refractivity contribution in [3.8, 4) is 5.75 Å². The minimum Gasteiger partial charge on any atom is -0.489 e. The van der Waals surface area contributed by atoms with Crippen molar-refractivity contribution in [2.45, 2.75) is 20.1 Å². The normalized spacial score (nSPS) is 10.8. The van der Waals surface area contributed by atoms with Gasteiger partial charge in [0.25, 0.3) is 5.91 Å². The van der Waals surface area contributed by atoms with Crippen LogP contribution >= 0.6 is 0 Å². The van der Waals surface area contributed by atoms with E-state index in [-0.39, 0.29) is 5.91 Å². The predicted molar refractivity (Wildman–Crippen MR) is 108 cm³/mol. The third kappa shape index (κ3) is 4.20. The maximum atomic E-state index is 12.4. The molecule has 4 rings (SSSR count). The first-order chi connectivity index (χ1) is 13.7. The fraction of sp³-hybridized carbons (Fsp3) is 0.130. The molecule has 2 heterocycles. The van der Waals surface area contributed by atoms with Gasteiger partial charge >= 0.3 is 0 Å². The van der Waals surface area contributed by atoms with Gasteiger partial charge in [-0.05, 0) is 54.4 Å². The number of aromatic nitrogens is 2. The van der Waals surface area contributed by atoms with E-state index in [1.807, 2.05) is 78.3 Å². The fourth-order valence-electron chi connectivity index (χ4n) is 2.94. The summed E-state index contributed by atoms with van der Waals surface area (Å²) in [6.07, 6.45) is 3.90. The fourth-order valence-corrected chi connectivity index (χ4v) is 2.94. The lowest BCUT2D eigenvalue weighted by molar-refractivity contribution is 0.0950. The van der Waals surface area contributed by atoms with Crippen LogP contribution in [-0.2, 0) is 13.2 Å². The van der Waals surface area contributed by atoms with Gasteiger partial charge in [0.15, 0.2) is 0 Å². The molecule has 0 radical (unpaired) electrons. The zero-order valence-corrected chi connectivity index (χ0v) is 15.6. The Bertz CT molecular complexity index is 1090. The number of carbonyl (C=O) groups is 1. The number of hydrogen-bond donors (Lipinski definition) is 1. The number of ether oxygens (including phenoxy) is 1. The highest BCUT2D eigenvalue weighted by molar-refractivity contribution is 5.94. The Morgan fingerprint density at radius 2 is 1.86 bits per heavy atom. The largest absolute Gasteiger partial charge is 0.489 e. The molecule has 140 valence electrons. The van der Waals surface area contributed by atoms with Crippen LogP contribution in [0.1, 0.15) is 27.2 Å². The first-order valence-electron chi connectivity index (χ1n) is 9.16. The van der Waals surface area contributed by atoms with E-state index in [1.54, 1.807) is 12.1 Å². The van der Waals surface area contributed by atoms with Gasteiger partial charge in [0.2, 0.25) is 0 Å². The van der Waals surface area contributed by atoms with Crippen LogP contribution in [-0.4, -0.2) is 15.3 Å². The van der Waals surface area contributed by atoms with Crippen molar-refractivity contribution in [3.63, 3.8) is 0 Å². The number of hydrogen-bond acceptors (Lipinski definition) is 3. The van der Waals surface area contributed by atoms with Gasteiger partial charge < -0.3 is 14.5 Å². The second-order valence-electron chi connectivity index (χ2n) is 6.68. The Morgan fingerprint density at radius 3 is 2.64 bits per heavy atom. The molecular weight excluding hydrogens is 350 g/mol. The number of nitrogens with one attached hydrogen (secondary N) is 1. The molecule has 28 heavy (non-hydrogen) atoms. The van der Waals surface area contributed by atoms with Gasteiger partial charge in [0.05, 0.1) is 12.2 Å². The Labute approximate surface area is 163 Å². The summed E-state index contributed by atoms with van der Waals surface area (Å²) in [7, 11) is 0. The van der Waals surface area contributed by atoms with Crippen LogP contribution in [0.5, 0.6) is 5.75 Å². The SMILES string of the molecule is Cc1ccn2cc(CNC(=O)c3ccc(OCc4ccccc4)cc3)nc2c1. The number of pyridine rings is 1. The van der Waals surface area contributed by atoms with Crippen LogP contribution in [0.2, 0.25) is 0 Å². The smallest absolute Gasteiger partial charge is 0.251 e. The molecule has 0 bridgehead atoms. The van der Waals surface area contributed by atoms with Crippen LogP contribution in [0.25, 0.3) is 5.65 Å². The van der Waals surface area contributed by atoms with Crippen LogP contribution in [0, 0.1) is 6.92 Å². The summed E-state index contributed by atoms with van der Waals surface area (Å²) >= 11 is 0. The molecule has 2 aromatic heterocycles. The molecule has 0 fully saturated rings. The molecule has 1 amide bonds. The van der Waals surface area contributed by atoms with Crippen LogP contribution in [0.3, 0.4) is 0 Å². The standard InChI is InChI=1S/C23H21N3O2/c1-17-11-12-26-15-20(25-22(26)13-17)14-24-23(27)19-7-9-21(10-8-19)28-16-18-5-3-2-4-6-18/h2-13,15H,14,16H2,1H3,(H,24,27). The van der Waals surface area contributed by atoms with Crippen molar-refractivity contribution in [3.05, 3.63) is 102 Å². The van der Waals surface area contributed by atoms with Crippen molar-refractivity contribution in [1.82, 2.24) is 14.7 Å². The van der Waals surface area contributed by atoms with E-state index in [0.29, 0.717) is 18.7 Å². The highest BCUT2D eigenvalue weighted by Gasteiger charge is 2.08. The zero-order chi connectivity index (χ0) is 19.3. The minimum atomic E-state index is -0.136. The van der Waals surface area contributed by atoms with E-state index < -0.39 is 0 Å². The zero-order valence-electron chi connectivity index (χ0n) is 15.6. The number of rotatable bonds is 6. The van der Waals surface area contributed by atoms with Crippen molar-refractivity contribution in [2.24, 2.45) is 0 Å². The first kappa shape index (κ1) is 17.8. The molecular formula is C23H21N3O2. The quantitative estimate of drug-likeness (QED) is 0.554. The van der Waals surface area contributed by atoms with E-state index in [4.69, 9.17) is 4.74 Å². The van der Waals surface area contributed by atoms with Crippen LogP contribution in [0.4, 0.5) is 0 Å². The summed E-state index contributed by atoms with van der Waals surface area (Å²) < 4.78 is 7.71. The summed E-state index contributed by atoms with van der Waals surface area (Å²) in [6, 6.07) is 21.2. The molecule has 2 aromatic carbocycles. The van der Waals surface area contributed by atoms with Gasteiger partial charge in [-0.15, -0.1) is 0 Å². The molecule has 1 N–H and O–H groups in total. The molecule has 0 aliphatic carbocycles. The average molecular weight is 371 g/mol. The van der Waals surface area contributed by atoms with E-state index in [1.165, 1.54) is 0 Å². The van der Waals surface area contributed by atoms with Gasteiger partial charge in [0, 0.05) is 18.0 Å². The molecule has 0 aliphatic rings. The number of amides is 1. The van der Waals surface area contributed by atoms with E-state index in [0.717, 1.165) is 28.2 Å². The van der Waals surface area contributed by atoms with E-state index in [2.05, 4.69) is 10.3 Å². The van der Waals surface area contributed by atoms with Crippen molar-refractivity contribution in [2.75, 3.05) is 0 Å². The van der Waals surface area contributed by atoms with Crippen LogP contribution < -0.4 is 10.1 Å². The summed E-state index contributed by atoms with van der Waals surface area (Å²) in [5.41, 5.74) is 4.55. The summed E-state index contributed by atoms with van der Waals surface area (Å²) in [6.45, 7) is 2.91. The third-order valence-electron chi connectivity index (χ3n) is 4.46. The molecule has 0 saturated heterocycles. The van der Waals surface area contributed by atoms with Gasteiger partial charge in [-0.3, -0.25) is 4.79 Å².